The zero-order valence-electron chi connectivity index (χ0n) is 15.7. The van der Waals surface area contributed by atoms with Gasteiger partial charge in [-0.05, 0) is 42.0 Å². The lowest BCUT2D eigenvalue weighted by molar-refractivity contribution is -0.141. The number of carboxylic acid groups (broad SMARTS) is 1. The monoisotopic (exact) mass is 401 g/mol. The van der Waals surface area contributed by atoms with Crippen LogP contribution in [0.15, 0.2) is 48.5 Å². The minimum Gasteiger partial charge on any atom is -0.480 e. The van der Waals surface area contributed by atoms with Crippen molar-refractivity contribution in [3.63, 3.8) is 0 Å². The average molecular weight is 401 g/mol. The van der Waals surface area contributed by atoms with Gasteiger partial charge in [-0.25, -0.2) is 9.18 Å². The molecule has 2 N–H and O–H groups in total. The molecule has 0 aliphatic rings. The first-order valence-corrected chi connectivity index (χ1v) is 8.83. The van der Waals surface area contributed by atoms with Gasteiger partial charge in [0, 0.05) is 31.7 Å². The van der Waals surface area contributed by atoms with Gasteiger partial charge in [0.15, 0.2) is 5.78 Å². The van der Waals surface area contributed by atoms with Crippen LogP contribution in [0.5, 0.6) is 5.75 Å². The van der Waals surface area contributed by atoms with Gasteiger partial charge in [0.25, 0.3) is 0 Å². The van der Waals surface area contributed by atoms with E-state index in [1.165, 1.54) is 31.2 Å². The van der Waals surface area contributed by atoms with Crippen LogP contribution in [-0.4, -0.2) is 34.8 Å². The zero-order chi connectivity index (χ0) is 21.4. The Labute approximate surface area is 166 Å². The molecule has 0 aliphatic carbocycles. The lowest BCUT2D eigenvalue weighted by atomic mass is 10.0. The molecule has 0 saturated heterocycles. The predicted molar refractivity (Wildman–Crippen MR) is 101 cm³/mol. The number of hydrogen-bond acceptors (Lipinski definition) is 5. The SMILES string of the molecule is CC(=O)Oc1ccc(CC(NC(=O)CCC(=O)c2ccc(F)cc2)C(=O)O)cc1. The number of rotatable bonds is 9. The molecule has 0 aliphatic heterocycles. The Bertz CT molecular complexity index is 892. The number of nitrogens with one attached hydrogen (secondary N) is 1. The highest BCUT2D eigenvalue weighted by molar-refractivity contribution is 5.98. The highest BCUT2D eigenvalue weighted by Gasteiger charge is 2.21. The lowest BCUT2D eigenvalue weighted by Gasteiger charge is -2.15. The van der Waals surface area contributed by atoms with Crippen molar-refractivity contribution in [3.05, 3.63) is 65.5 Å². The summed E-state index contributed by atoms with van der Waals surface area (Å²) < 4.78 is 17.8. The molecular formula is C21H20FNO6. The second kappa shape index (κ2) is 10.1. The smallest absolute Gasteiger partial charge is 0.326 e. The molecule has 2 aromatic rings. The number of carbonyl (C=O) groups excluding carboxylic acids is 3. The van der Waals surface area contributed by atoms with Crippen molar-refractivity contribution in [1.82, 2.24) is 5.32 Å². The molecule has 152 valence electrons. The van der Waals surface area contributed by atoms with E-state index in [4.69, 9.17) is 4.74 Å². The van der Waals surface area contributed by atoms with Crippen LogP contribution in [0.25, 0.3) is 0 Å². The first-order chi connectivity index (χ1) is 13.7. The Kier molecular flexibility index (Phi) is 7.59. The van der Waals surface area contributed by atoms with Crippen LogP contribution in [0.3, 0.4) is 0 Å². The molecule has 2 rings (SSSR count). The molecule has 8 heteroatoms. The fraction of sp³-hybridized carbons (Fsp3) is 0.238. The number of ether oxygens (including phenoxy) is 1. The first-order valence-electron chi connectivity index (χ1n) is 8.83. The van der Waals surface area contributed by atoms with E-state index >= 15 is 0 Å². The molecule has 1 atom stereocenters. The van der Waals surface area contributed by atoms with Gasteiger partial charge in [0.1, 0.15) is 17.6 Å². The molecule has 0 saturated carbocycles. The van der Waals surface area contributed by atoms with Crippen LogP contribution in [0, 0.1) is 5.82 Å². The molecule has 7 nitrogen and oxygen atoms in total. The topological polar surface area (TPSA) is 110 Å². The van der Waals surface area contributed by atoms with Gasteiger partial charge >= 0.3 is 11.9 Å². The van der Waals surface area contributed by atoms with Crippen LogP contribution >= 0.6 is 0 Å². The minimum absolute atomic E-state index is 0.0212. The number of esters is 1. The third kappa shape index (κ3) is 7.17. The molecule has 0 spiro atoms. The molecule has 2 aromatic carbocycles. The number of Topliss-reactive ketones (excluding diaryl/α,β-unsaturated/α-hetero) is 1. The Hall–Kier alpha value is -3.55. The van der Waals surface area contributed by atoms with E-state index in [0.29, 0.717) is 11.3 Å². The summed E-state index contributed by atoms with van der Waals surface area (Å²) in [5.74, 6) is -2.74. The largest absolute Gasteiger partial charge is 0.480 e. The summed E-state index contributed by atoms with van der Waals surface area (Å²) in [6.45, 7) is 1.27. The average Bonchev–Trinajstić information content (AvgIpc) is 2.67. The van der Waals surface area contributed by atoms with Crippen LogP contribution in [0.4, 0.5) is 4.39 Å². The van der Waals surface area contributed by atoms with Gasteiger partial charge in [0.2, 0.25) is 5.91 Å². The Morgan fingerprint density at radius 2 is 1.62 bits per heavy atom. The number of hydrogen-bond donors (Lipinski definition) is 2. The summed E-state index contributed by atoms with van der Waals surface area (Å²) in [5.41, 5.74) is 0.901. The summed E-state index contributed by atoms with van der Waals surface area (Å²) in [5, 5.41) is 11.7. The number of halogens is 1. The zero-order valence-corrected chi connectivity index (χ0v) is 15.7. The predicted octanol–water partition coefficient (Wildman–Crippen LogP) is 2.53. The van der Waals surface area contributed by atoms with Gasteiger partial charge in [0.05, 0.1) is 0 Å². The second-order valence-corrected chi connectivity index (χ2v) is 6.33. The summed E-state index contributed by atoms with van der Waals surface area (Å²) in [4.78, 5) is 46.5. The van der Waals surface area contributed by atoms with Crippen LogP contribution in [-0.2, 0) is 20.8 Å². The maximum Gasteiger partial charge on any atom is 0.326 e. The van der Waals surface area contributed by atoms with E-state index in [1.54, 1.807) is 12.1 Å². The Balaban J connectivity index is 1.89. The van der Waals surface area contributed by atoms with Gasteiger partial charge in [-0.15, -0.1) is 0 Å². The molecule has 0 bridgehead atoms. The van der Waals surface area contributed by atoms with Crippen molar-refractivity contribution in [2.75, 3.05) is 0 Å². The van der Waals surface area contributed by atoms with Crippen molar-refractivity contribution in [2.45, 2.75) is 32.2 Å². The quantitative estimate of drug-likeness (QED) is 0.380. The van der Waals surface area contributed by atoms with Crippen LogP contribution < -0.4 is 10.1 Å². The van der Waals surface area contributed by atoms with Crippen LogP contribution in [0.1, 0.15) is 35.7 Å². The third-order valence-electron chi connectivity index (χ3n) is 4.00. The van der Waals surface area contributed by atoms with E-state index in [9.17, 15) is 28.7 Å². The Morgan fingerprint density at radius 1 is 1.00 bits per heavy atom. The summed E-state index contributed by atoms with van der Waals surface area (Å²) in [6, 6.07) is 10.0. The highest BCUT2D eigenvalue weighted by Crippen LogP contribution is 2.14. The lowest BCUT2D eigenvalue weighted by Crippen LogP contribution is -2.42. The maximum absolute atomic E-state index is 12.9. The van der Waals surface area contributed by atoms with Gasteiger partial charge in [-0.2, -0.15) is 0 Å². The van der Waals surface area contributed by atoms with Gasteiger partial charge in [-0.1, -0.05) is 12.1 Å². The molecule has 1 amide bonds. The maximum atomic E-state index is 12.9. The fourth-order valence-electron chi connectivity index (χ4n) is 2.57. The van der Waals surface area contributed by atoms with E-state index in [0.717, 1.165) is 12.1 Å². The molecule has 0 heterocycles. The van der Waals surface area contributed by atoms with Crippen molar-refractivity contribution < 1.29 is 33.4 Å². The number of carboxylic acids is 1. The molecule has 1 unspecified atom stereocenters. The first kappa shape index (κ1) is 21.7. The third-order valence-corrected chi connectivity index (χ3v) is 4.00. The molecule has 29 heavy (non-hydrogen) atoms. The summed E-state index contributed by atoms with van der Waals surface area (Å²) >= 11 is 0. The standard InChI is InChI=1S/C21H20FNO6/c1-13(24)29-17-8-2-14(3-9-17)12-18(21(27)28)23-20(26)11-10-19(25)15-4-6-16(22)7-5-15/h2-9,18H,10-12H2,1H3,(H,23,26)(H,27,28). The number of amides is 1. The second-order valence-electron chi connectivity index (χ2n) is 6.33. The number of aliphatic carboxylic acids is 1. The van der Waals surface area contributed by atoms with Crippen molar-refractivity contribution >= 4 is 23.6 Å². The number of ketones is 1. The van der Waals surface area contributed by atoms with Crippen molar-refractivity contribution in [3.8, 4) is 5.75 Å². The highest BCUT2D eigenvalue weighted by atomic mass is 19.1. The summed E-state index contributed by atoms with van der Waals surface area (Å²) in [7, 11) is 0. The van der Waals surface area contributed by atoms with E-state index in [2.05, 4.69) is 5.32 Å². The molecule has 0 aromatic heterocycles. The number of benzene rings is 2. The van der Waals surface area contributed by atoms with E-state index < -0.39 is 29.7 Å². The molecule has 0 fully saturated rings. The van der Waals surface area contributed by atoms with Gasteiger partial charge in [-0.3, -0.25) is 14.4 Å². The van der Waals surface area contributed by atoms with Crippen LogP contribution in [0.2, 0.25) is 0 Å². The van der Waals surface area contributed by atoms with Gasteiger partial charge < -0.3 is 15.2 Å². The molecular weight excluding hydrogens is 381 g/mol. The van der Waals surface area contributed by atoms with Crippen molar-refractivity contribution in [2.24, 2.45) is 0 Å². The van der Waals surface area contributed by atoms with Crippen molar-refractivity contribution in [1.29, 1.82) is 0 Å². The fourth-order valence-corrected chi connectivity index (χ4v) is 2.57. The Morgan fingerprint density at radius 3 is 2.17 bits per heavy atom. The summed E-state index contributed by atoms with van der Waals surface area (Å²) in [6.07, 6.45) is -0.292. The minimum atomic E-state index is -1.22. The molecule has 0 radical (unpaired) electrons. The normalized spacial score (nSPS) is 11.4. The number of carbonyl (C=O) groups is 4. The van der Waals surface area contributed by atoms with E-state index in [1.807, 2.05) is 0 Å². The van der Waals surface area contributed by atoms with E-state index in [-0.39, 0.29) is 30.6 Å².